The molecule has 5 rings (SSSR count). The molecule has 1 atom stereocenters. The predicted octanol–water partition coefficient (Wildman–Crippen LogP) is 5.41. The fourth-order valence-corrected chi connectivity index (χ4v) is 4.46. The van der Waals surface area contributed by atoms with Crippen molar-refractivity contribution >= 4 is 28.6 Å². The van der Waals surface area contributed by atoms with Crippen LogP contribution < -0.4 is 10.6 Å². The molecule has 3 aromatic rings. The zero-order chi connectivity index (χ0) is 22.9. The number of Topliss-reactive ketones (excluding diaryl/α,β-unsaturated/α-hetero) is 1. The number of carbonyl (C=O) groups is 2. The Kier molecular flexibility index (Phi) is 5.22. The SMILES string of the molecule is O=C1CCCC2=C1[C@@H](c1cccc([N+](=O)[O-])c1)Nc1ccc(C(=O)c3ccccc3)cc1N2. The lowest BCUT2D eigenvalue weighted by atomic mass is 9.86. The molecule has 2 N–H and O–H groups in total. The summed E-state index contributed by atoms with van der Waals surface area (Å²) in [5, 5.41) is 18.1. The number of allylic oxidation sites excluding steroid dienone is 1. The fraction of sp³-hybridized carbons (Fsp3) is 0.154. The number of nitro benzene ring substituents is 1. The maximum Gasteiger partial charge on any atom is 0.269 e. The molecule has 0 radical (unpaired) electrons. The Morgan fingerprint density at radius 2 is 1.73 bits per heavy atom. The van der Waals surface area contributed by atoms with E-state index in [0.29, 0.717) is 40.8 Å². The van der Waals surface area contributed by atoms with Gasteiger partial charge in [-0.05, 0) is 36.6 Å². The minimum atomic E-state index is -0.530. The fourth-order valence-electron chi connectivity index (χ4n) is 4.46. The van der Waals surface area contributed by atoms with Crippen LogP contribution in [0.1, 0.15) is 46.8 Å². The summed E-state index contributed by atoms with van der Waals surface area (Å²) >= 11 is 0. The Morgan fingerprint density at radius 3 is 2.52 bits per heavy atom. The second-order valence-corrected chi connectivity index (χ2v) is 8.18. The van der Waals surface area contributed by atoms with Gasteiger partial charge in [0.2, 0.25) is 0 Å². The van der Waals surface area contributed by atoms with Crippen molar-refractivity contribution in [3.8, 4) is 0 Å². The zero-order valence-electron chi connectivity index (χ0n) is 17.7. The van der Waals surface area contributed by atoms with E-state index < -0.39 is 11.0 Å². The van der Waals surface area contributed by atoms with E-state index in [4.69, 9.17) is 0 Å². The summed E-state index contributed by atoms with van der Waals surface area (Å²) in [4.78, 5) is 36.8. The van der Waals surface area contributed by atoms with Gasteiger partial charge < -0.3 is 10.6 Å². The Labute approximate surface area is 190 Å². The molecule has 0 unspecified atom stereocenters. The molecule has 2 aliphatic rings. The van der Waals surface area contributed by atoms with Gasteiger partial charge in [-0.25, -0.2) is 0 Å². The van der Waals surface area contributed by atoms with Crippen molar-refractivity contribution in [2.24, 2.45) is 0 Å². The van der Waals surface area contributed by atoms with E-state index in [0.717, 1.165) is 17.8 Å². The first kappa shape index (κ1) is 20.6. The maximum absolute atomic E-state index is 13.0. The second-order valence-electron chi connectivity index (χ2n) is 8.18. The van der Waals surface area contributed by atoms with Crippen LogP contribution in [-0.4, -0.2) is 16.5 Å². The smallest absolute Gasteiger partial charge is 0.269 e. The zero-order valence-corrected chi connectivity index (χ0v) is 17.7. The van der Waals surface area contributed by atoms with Crippen LogP contribution in [0.5, 0.6) is 0 Å². The van der Waals surface area contributed by atoms with Crippen LogP contribution in [-0.2, 0) is 4.79 Å². The molecule has 0 saturated heterocycles. The number of nitro groups is 1. The maximum atomic E-state index is 13.0. The molecule has 0 bridgehead atoms. The van der Waals surface area contributed by atoms with Crippen molar-refractivity contribution < 1.29 is 14.5 Å². The number of nitrogens with one attached hydrogen (secondary N) is 2. The van der Waals surface area contributed by atoms with Crippen molar-refractivity contribution in [3.63, 3.8) is 0 Å². The van der Waals surface area contributed by atoms with Crippen LogP contribution in [0.4, 0.5) is 17.1 Å². The Morgan fingerprint density at radius 1 is 0.909 bits per heavy atom. The van der Waals surface area contributed by atoms with Crippen molar-refractivity contribution in [2.75, 3.05) is 10.6 Å². The number of anilines is 2. The van der Waals surface area contributed by atoms with Gasteiger partial charge in [0.1, 0.15) is 0 Å². The van der Waals surface area contributed by atoms with Gasteiger partial charge in [0.05, 0.1) is 22.3 Å². The quantitative estimate of drug-likeness (QED) is 0.320. The molecule has 1 aliphatic heterocycles. The number of carbonyl (C=O) groups excluding carboxylic acids is 2. The predicted molar refractivity (Wildman–Crippen MR) is 125 cm³/mol. The van der Waals surface area contributed by atoms with Crippen LogP contribution in [0.15, 0.2) is 84.1 Å². The van der Waals surface area contributed by atoms with E-state index in [-0.39, 0.29) is 17.3 Å². The monoisotopic (exact) mass is 439 g/mol. The topological polar surface area (TPSA) is 101 Å². The number of fused-ring (bicyclic) bond motifs is 1. The molecule has 1 aliphatic carbocycles. The van der Waals surface area contributed by atoms with Crippen molar-refractivity contribution in [1.82, 2.24) is 0 Å². The highest BCUT2D eigenvalue weighted by molar-refractivity contribution is 6.10. The Balaban J connectivity index is 1.59. The summed E-state index contributed by atoms with van der Waals surface area (Å²) in [7, 11) is 0. The lowest BCUT2D eigenvalue weighted by Gasteiger charge is -2.25. The molecule has 0 saturated carbocycles. The Bertz CT molecular complexity index is 1310. The number of nitrogens with zero attached hydrogens (tertiary/aromatic N) is 1. The largest absolute Gasteiger partial charge is 0.372 e. The van der Waals surface area contributed by atoms with Gasteiger partial charge in [-0.2, -0.15) is 0 Å². The summed E-state index contributed by atoms with van der Waals surface area (Å²) in [6.45, 7) is 0. The molecule has 3 aromatic carbocycles. The first-order valence-corrected chi connectivity index (χ1v) is 10.8. The minimum absolute atomic E-state index is 0.0150. The number of hydrogen-bond donors (Lipinski definition) is 2. The van der Waals surface area contributed by atoms with Gasteiger partial charge in [-0.15, -0.1) is 0 Å². The molecule has 33 heavy (non-hydrogen) atoms. The van der Waals surface area contributed by atoms with Crippen LogP contribution in [0, 0.1) is 10.1 Å². The van der Waals surface area contributed by atoms with Crippen LogP contribution in [0.2, 0.25) is 0 Å². The highest BCUT2D eigenvalue weighted by atomic mass is 16.6. The van der Waals surface area contributed by atoms with Crippen molar-refractivity contribution in [2.45, 2.75) is 25.3 Å². The van der Waals surface area contributed by atoms with E-state index in [1.165, 1.54) is 12.1 Å². The minimum Gasteiger partial charge on any atom is -0.372 e. The molecule has 0 amide bonds. The standard InChI is InChI=1S/C26H21N3O4/c30-23-11-5-10-21-24(23)25(17-8-4-9-19(14-17)29(32)33)28-20-13-12-18(15-22(20)27-21)26(31)16-6-2-1-3-7-16/h1-4,6-9,12-15,25,27-28H,5,10-11H2/t25-/m1/s1. The van der Waals surface area contributed by atoms with Gasteiger partial charge >= 0.3 is 0 Å². The molecule has 0 spiro atoms. The van der Waals surface area contributed by atoms with E-state index in [2.05, 4.69) is 10.6 Å². The number of benzene rings is 3. The van der Waals surface area contributed by atoms with Crippen LogP contribution >= 0.6 is 0 Å². The van der Waals surface area contributed by atoms with E-state index in [1.54, 1.807) is 36.4 Å². The first-order chi connectivity index (χ1) is 16.0. The first-order valence-electron chi connectivity index (χ1n) is 10.8. The molecular weight excluding hydrogens is 418 g/mol. The van der Waals surface area contributed by atoms with Gasteiger partial charge in [-0.1, -0.05) is 42.5 Å². The number of non-ortho nitro benzene ring substituents is 1. The second kappa shape index (κ2) is 8.35. The summed E-state index contributed by atoms with van der Waals surface area (Å²) in [5.41, 5.74) is 4.55. The highest BCUT2D eigenvalue weighted by Gasteiger charge is 2.33. The van der Waals surface area contributed by atoms with Gasteiger partial charge in [0, 0.05) is 41.0 Å². The number of hydrogen-bond acceptors (Lipinski definition) is 6. The molecule has 1 heterocycles. The Hall–Kier alpha value is -4.26. The number of rotatable bonds is 4. The average Bonchev–Trinajstić information content (AvgIpc) is 3.01. The molecule has 0 fully saturated rings. The van der Waals surface area contributed by atoms with Crippen molar-refractivity contribution in [1.29, 1.82) is 0 Å². The summed E-state index contributed by atoms with van der Waals surface area (Å²) < 4.78 is 0. The van der Waals surface area contributed by atoms with Crippen LogP contribution in [0.3, 0.4) is 0 Å². The summed E-state index contributed by atoms with van der Waals surface area (Å²) in [6.07, 6.45) is 1.84. The van der Waals surface area contributed by atoms with Gasteiger partial charge in [-0.3, -0.25) is 19.7 Å². The van der Waals surface area contributed by atoms with E-state index >= 15 is 0 Å². The third kappa shape index (κ3) is 3.89. The molecule has 164 valence electrons. The highest BCUT2D eigenvalue weighted by Crippen LogP contribution is 2.41. The van der Waals surface area contributed by atoms with Gasteiger partial charge in [0.15, 0.2) is 11.6 Å². The number of ketones is 2. The van der Waals surface area contributed by atoms with Crippen LogP contribution in [0.25, 0.3) is 0 Å². The molecule has 7 nitrogen and oxygen atoms in total. The van der Waals surface area contributed by atoms with E-state index in [1.807, 2.05) is 24.3 Å². The van der Waals surface area contributed by atoms with Gasteiger partial charge in [0.25, 0.3) is 5.69 Å². The third-order valence-electron chi connectivity index (χ3n) is 6.06. The molecular formula is C26H21N3O4. The lowest BCUT2D eigenvalue weighted by molar-refractivity contribution is -0.384. The summed E-state index contributed by atoms with van der Waals surface area (Å²) in [6, 6.07) is 20.2. The molecule has 0 aromatic heterocycles. The average molecular weight is 439 g/mol. The summed E-state index contributed by atoms with van der Waals surface area (Å²) in [5.74, 6) is -0.0743. The normalized spacial score (nSPS) is 17.2. The van der Waals surface area contributed by atoms with Crippen molar-refractivity contribution in [3.05, 3.63) is 111 Å². The lowest BCUT2D eigenvalue weighted by Crippen LogP contribution is -2.23. The molecule has 7 heteroatoms. The van der Waals surface area contributed by atoms with E-state index in [9.17, 15) is 19.7 Å². The third-order valence-corrected chi connectivity index (χ3v) is 6.06.